The van der Waals surface area contributed by atoms with E-state index < -0.39 is 12.5 Å². The van der Waals surface area contributed by atoms with Gasteiger partial charge in [0.05, 0.1) is 11.2 Å². The Morgan fingerprint density at radius 1 is 0.647 bits per heavy atom. The lowest BCUT2D eigenvalue weighted by Crippen LogP contribution is -2.49. The number of rotatable bonds is 18. The molecule has 10 nitrogen and oxygen atoms in total. The third-order valence-corrected chi connectivity index (χ3v) is 13.1. The molecule has 2 amide bonds. The number of hydrogen-bond acceptors (Lipinski definition) is 8. The number of hydrogen-bond donors (Lipinski definition) is 4. The van der Waals surface area contributed by atoms with Crippen LogP contribution in [0.3, 0.4) is 0 Å². The van der Waals surface area contributed by atoms with Crippen molar-refractivity contribution in [3.05, 3.63) is 70.8 Å². The smallest absolute Gasteiger partial charge is 0.393 e. The lowest BCUT2D eigenvalue weighted by molar-refractivity contribution is -0.0956. The molecule has 2 unspecified atom stereocenters. The molecule has 8 rings (SSSR count). The van der Waals surface area contributed by atoms with Crippen LogP contribution in [0.1, 0.15) is 135 Å². The molecule has 277 valence electrons. The van der Waals surface area contributed by atoms with E-state index in [0.717, 1.165) is 77.0 Å². The summed E-state index contributed by atoms with van der Waals surface area (Å²) in [6, 6.07) is 16.1. The molecule has 0 aliphatic heterocycles. The zero-order chi connectivity index (χ0) is 36.0. The number of nitrogens with one attached hydrogen (secondary N) is 2. The monoisotopic (exact) mass is 701 g/mol. The van der Waals surface area contributed by atoms with E-state index in [2.05, 4.69) is 22.8 Å². The van der Waals surface area contributed by atoms with Gasteiger partial charge in [0.2, 0.25) is 0 Å². The first-order chi connectivity index (χ1) is 24.7. The van der Waals surface area contributed by atoms with E-state index in [1.165, 1.54) is 18.8 Å². The van der Waals surface area contributed by atoms with Crippen molar-refractivity contribution in [2.24, 2.45) is 11.5 Å². The van der Waals surface area contributed by atoms with Gasteiger partial charge in [0, 0.05) is 25.3 Å². The summed E-state index contributed by atoms with van der Waals surface area (Å²) >= 11 is 0. The summed E-state index contributed by atoms with van der Waals surface area (Å²) in [4.78, 5) is 27.1. The lowest BCUT2D eigenvalue weighted by Gasteiger charge is -2.53. The topological polar surface area (TPSA) is 147 Å². The quantitative estimate of drug-likeness (QED) is 0.117. The van der Waals surface area contributed by atoms with Crippen LogP contribution in [0.2, 0.25) is 0 Å². The molecule has 6 aliphatic rings. The second kappa shape index (κ2) is 16.5. The highest BCUT2D eigenvalue weighted by atomic mass is 16.6. The molecule has 0 heterocycles. The molecule has 2 atom stereocenters. The van der Waals surface area contributed by atoms with Gasteiger partial charge in [-0.1, -0.05) is 24.3 Å². The van der Waals surface area contributed by atoms with Gasteiger partial charge >= 0.3 is 7.69 Å². The molecule has 6 saturated carbocycles. The molecule has 2 aromatic rings. The van der Waals surface area contributed by atoms with Gasteiger partial charge in [-0.05, 0) is 162 Å². The van der Waals surface area contributed by atoms with Crippen LogP contribution in [0, 0.1) is 0 Å². The van der Waals surface area contributed by atoms with Crippen LogP contribution in [0.4, 0.5) is 0 Å². The first-order valence-electron chi connectivity index (χ1n) is 19.2. The van der Waals surface area contributed by atoms with E-state index in [0.29, 0.717) is 49.9 Å². The van der Waals surface area contributed by atoms with Crippen molar-refractivity contribution in [1.29, 1.82) is 0 Å². The number of methoxy groups -OCH3 is 2. The fourth-order valence-corrected chi connectivity index (χ4v) is 9.34. The van der Waals surface area contributed by atoms with Crippen LogP contribution in [0.5, 0.6) is 0 Å². The molecule has 4 bridgehead atoms. The van der Waals surface area contributed by atoms with E-state index in [1.54, 1.807) is 0 Å². The maximum absolute atomic E-state index is 13.5. The Kier molecular flexibility index (Phi) is 12.3. The average Bonchev–Trinajstić information content (AvgIpc) is 3.20. The number of ether oxygens (including phenoxy) is 2. The first-order valence-corrected chi connectivity index (χ1v) is 19.2. The second-order valence-electron chi connectivity index (χ2n) is 15.7. The Morgan fingerprint density at radius 3 is 1.35 bits per heavy atom. The minimum Gasteiger partial charge on any atom is -0.393 e. The second-order valence-corrected chi connectivity index (χ2v) is 15.7. The molecule has 1 radical (unpaired) electrons. The first kappa shape index (κ1) is 37.9. The zero-order valence-electron chi connectivity index (χ0n) is 30.7. The van der Waals surface area contributed by atoms with E-state index in [4.69, 9.17) is 30.2 Å². The van der Waals surface area contributed by atoms with Crippen LogP contribution in [0.15, 0.2) is 48.5 Å². The molecule has 0 saturated heterocycles. The molecule has 6 fully saturated rings. The number of carbonyl (C=O) groups excluding carboxylic acids is 2. The van der Waals surface area contributed by atoms with Crippen molar-refractivity contribution in [3.63, 3.8) is 0 Å². The van der Waals surface area contributed by atoms with Crippen LogP contribution < -0.4 is 22.1 Å². The van der Waals surface area contributed by atoms with E-state index in [-0.39, 0.29) is 33.8 Å². The Hall–Kier alpha value is -2.80. The predicted octanol–water partition coefficient (Wildman–Crippen LogP) is 5.53. The summed E-state index contributed by atoms with van der Waals surface area (Å²) in [6.07, 6.45) is 13.8. The summed E-state index contributed by atoms with van der Waals surface area (Å²) in [5, 5.41) is 6.06. The number of carbonyl (C=O) groups is 2. The number of amides is 2. The van der Waals surface area contributed by atoms with Gasteiger partial charge < -0.3 is 40.9 Å². The van der Waals surface area contributed by atoms with Gasteiger partial charge in [0.1, 0.15) is 12.5 Å². The summed E-state index contributed by atoms with van der Waals surface area (Å²) in [5.41, 5.74) is 15.6. The molecule has 11 heteroatoms. The minimum absolute atomic E-state index is 0.0308. The predicted molar refractivity (Wildman–Crippen MR) is 198 cm³/mol. The minimum atomic E-state index is -0.654. The third-order valence-electron chi connectivity index (χ3n) is 13.1. The summed E-state index contributed by atoms with van der Waals surface area (Å²) < 4.78 is 23.7. The van der Waals surface area contributed by atoms with Gasteiger partial charge in [-0.2, -0.15) is 0 Å². The molecule has 6 N–H and O–H groups in total. The van der Waals surface area contributed by atoms with Crippen molar-refractivity contribution in [2.75, 3.05) is 27.3 Å². The Bertz CT molecular complexity index is 1350. The van der Waals surface area contributed by atoms with Crippen molar-refractivity contribution < 1.29 is 28.4 Å². The van der Waals surface area contributed by atoms with E-state index in [9.17, 15) is 9.59 Å². The lowest BCUT2D eigenvalue weighted by atomic mass is 9.56. The normalized spacial score (nSPS) is 29.3. The van der Waals surface area contributed by atoms with Gasteiger partial charge in [-0.25, -0.2) is 0 Å². The van der Waals surface area contributed by atoms with Crippen molar-refractivity contribution in [2.45, 2.75) is 137 Å². The molecule has 51 heavy (non-hydrogen) atoms. The molecule has 6 aliphatic carbocycles. The van der Waals surface area contributed by atoms with Crippen molar-refractivity contribution in [1.82, 2.24) is 10.6 Å². The molecular formula is C40H58BN4O6. The fourth-order valence-electron chi connectivity index (χ4n) is 9.34. The van der Waals surface area contributed by atoms with E-state index >= 15 is 0 Å². The Labute approximate surface area is 304 Å². The Morgan fingerprint density at radius 2 is 1.02 bits per heavy atom. The van der Waals surface area contributed by atoms with Crippen molar-refractivity contribution in [3.8, 4) is 0 Å². The SMILES string of the molecule is COC12CCC(c3cccc(C(=O)NC(CCCN)O[B]OC(CCCN)NC(=O)c4cccc(C56CCC(OC)(CC5)CC6)c4)c3)(CC1)CC2. The van der Waals surface area contributed by atoms with Crippen LogP contribution >= 0.6 is 0 Å². The van der Waals surface area contributed by atoms with Gasteiger partial charge in [0.15, 0.2) is 0 Å². The summed E-state index contributed by atoms with van der Waals surface area (Å²) in [6.45, 7) is 0.917. The molecule has 0 spiro atoms. The van der Waals surface area contributed by atoms with Crippen LogP contribution in [0.25, 0.3) is 0 Å². The summed E-state index contributed by atoms with van der Waals surface area (Å²) in [7, 11) is 4.90. The maximum atomic E-state index is 13.5. The van der Waals surface area contributed by atoms with Gasteiger partial charge in [-0.3, -0.25) is 9.59 Å². The van der Waals surface area contributed by atoms with E-state index in [1.807, 2.05) is 50.6 Å². The molecule has 2 aromatic carbocycles. The Balaban J connectivity index is 1.05. The number of fused-ring (bicyclic) bond motifs is 6. The highest BCUT2D eigenvalue weighted by molar-refractivity contribution is 6.18. The van der Waals surface area contributed by atoms with Crippen molar-refractivity contribution >= 4 is 19.5 Å². The van der Waals surface area contributed by atoms with Gasteiger partial charge in [-0.15, -0.1) is 0 Å². The maximum Gasteiger partial charge on any atom is 0.491 e. The fraction of sp³-hybridized carbons (Fsp3) is 0.650. The molecular weight excluding hydrogens is 643 g/mol. The number of nitrogens with two attached hydrogens (primary N) is 2. The van der Waals surface area contributed by atoms with Gasteiger partial charge in [0.25, 0.3) is 11.8 Å². The standard InChI is InChI=1S/C40H58BN4O6/c1-48-39-19-13-37(14-20-39,15-21-39)31-9-3-7-29(27-31)35(46)44-33(11-5-25-42)50-41-51-34(12-6-26-43)45-36(47)30-8-4-10-32(28-30)38-16-22-40(49-2,23-17-38)24-18-38/h3-4,7-10,27-28,33-34H,5-6,11-26,42-43H2,1-2H3,(H,44,46)(H,45,47). The largest absolute Gasteiger partial charge is 0.491 e. The highest BCUT2D eigenvalue weighted by Crippen LogP contribution is 2.56. The van der Waals surface area contributed by atoms with Crippen LogP contribution in [-0.2, 0) is 29.6 Å². The zero-order valence-corrected chi connectivity index (χ0v) is 30.7. The average molecular weight is 702 g/mol. The van der Waals surface area contributed by atoms with Crippen LogP contribution in [-0.4, -0.2) is 70.5 Å². The third kappa shape index (κ3) is 8.39. The molecule has 0 aromatic heterocycles. The number of benzene rings is 2. The highest BCUT2D eigenvalue weighted by Gasteiger charge is 2.50. The summed E-state index contributed by atoms with van der Waals surface area (Å²) in [5.74, 6) is -0.421.